The van der Waals surface area contributed by atoms with Crippen molar-refractivity contribution in [3.05, 3.63) is 64.8 Å². The molecule has 0 saturated carbocycles. The lowest BCUT2D eigenvalue weighted by atomic mass is 9.79. The fourth-order valence-corrected chi connectivity index (χ4v) is 2.40. The standard InChI is InChI=1S/C23H32O2/c1-16(12-21(24)25)10-9-11-17(2)18-13-19(22(3,4)5)15-20(14-18)23(6,7)8/h9-15H,1-8H3,(H,24,25)/p-1. The second-order valence-corrected chi connectivity index (χ2v) is 8.72. The number of allylic oxidation sites excluding steroid dienone is 5. The van der Waals surface area contributed by atoms with Crippen molar-refractivity contribution in [2.75, 3.05) is 0 Å². The van der Waals surface area contributed by atoms with Crippen LogP contribution in [0.15, 0.2) is 48.1 Å². The molecular weight excluding hydrogens is 308 g/mol. The fraction of sp³-hybridized carbons (Fsp3) is 0.435. The SMILES string of the molecule is CC(C=CC=C(C)c1cc(C(C)(C)C)cc(C(C)(C)C)c1)=CC(=O)[O-]. The number of hydrogen-bond acceptors (Lipinski definition) is 2. The molecule has 1 aromatic rings. The van der Waals surface area contributed by atoms with Crippen LogP contribution in [-0.2, 0) is 15.6 Å². The number of carboxylic acids is 1. The van der Waals surface area contributed by atoms with E-state index in [2.05, 4.69) is 66.7 Å². The average molecular weight is 339 g/mol. The van der Waals surface area contributed by atoms with Gasteiger partial charge in [0.15, 0.2) is 0 Å². The van der Waals surface area contributed by atoms with Crippen molar-refractivity contribution < 1.29 is 9.90 Å². The van der Waals surface area contributed by atoms with Crippen LogP contribution >= 0.6 is 0 Å². The van der Waals surface area contributed by atoms with Crippen LogP contribution in [0.3, 0.4) is 0 Å². The highest BCUT2D eigenvalue weighted by Gasteiger charge is 2.20. The number of carbonyl (C=O) groups excluding carboxylic acids is 1. The lowest BCUT2D eigenvalue weighted by Gasteiger charge is -2.26. The van der Waals surface area contributed by atoms with E-state index in [1.807, 2.05) is 12.2 Å². The van der Waals surface area contributed by atoms with Gasteiger partial charge in [-0.1, -0.05) is 78.0 Å². The molecule has 2 nitrogen and oxygen atoms in total. The zero-order chi connectivity index (χ0) is 19.4. The third-order valence-corrected chi connectivity index (χ3v) is 4.17. The van der Waals surface area contributed by atoms with E-state index in [0.717, 1.165) is 11.6 Å². The van der Waals surface area contributed by atoms with Crippen molar-refractivity contribution in [2.24, 2.45) is 0 Å². The van der Waals surface area contributed by atoms with Gasteiger partial charge in [-0.15, -0.1) is 0 Å². The Morgan fingerprint density at radius 1 is 0.920 bits per heavy atom. The molecule has 0 spiro atoms. The van der Waals surface area contributed by atoms with Gasteiger partial charge in [0.2, 0.25) is 0 Å². The normalized spacial score (nSPS) is 14.2. The molecule has 0 bridgehead atoms. The summed E-state index contributed by atoms with van der Waals surface area (Å²) in [7, 11) is 0. The number of carbonyl (C=O) groups is 1. The van der Waals surface area contributed by atoms with Gasteiger partial charge in [0, 0.05) is 0 Å². The summed E-state index contributed by atoms with van der Waals surface area (Å²) in [6, 6.07) is 6.80. The molecule has 0 radical (unpaired) electrons. The third kappa shape index (κ3) is 6.74. The van der Waals surface area contributed by atoms with E-state index in [0.29, 0.717) is 5.57 Å². The number of carboxylic acid groups (broad SMARTS) is 1. The van der Waals surface area contributed by atoms with Gasteiger partial charge in [0.05, 0.1) is 5.97 Å². The highest BCUT2D eigenvalue weighted by molar-refractivity contribution is 5.79. The predicted octanol–water partition coefficient (Wildman–Crippen LogP) is 4.94. The summed E-state index contributed by atoms with van der Waals surface area (Å²) in [6.07, 6.45) is 6.76. The minimum absolute atomic E-state index is 0.0833. The van der Waals surface area contributed by atoms with Crippen molar-refractivity contribution in [1.29, 1.82) is 0 Å². The average Bonchev–Trinajstić information content (AvgIpc) is 2.44. The topological polar surface area (TPSA) is 40.1 Å². The second kappa shape index (κ2) is 7.86. The Hall–Kier alpha value is -2.09. The van der Waals surface area contributed by atoms with Gasteiger partial charge in [-0.05, 0) is 58.6 Å². The monoisotopic (exact) mass is 339 g/mol. The minimum Gasteiger partial charge on any atom is -0.545 e. The van der Waals surface area contributed by atoms with Crippen LogP contribution < -0.4 is 5.11 Å². The third-order valence-electron chi connectivity index (χ3n) is 4.17. The first-order valence-corrected chi connectivity index (χ1v) is 8.71. The highest BCUT2D eigenvalue weighted by atomic mass is 16.4. The van der Waals surface area contributed by atoms with E-state index in [4.69, 9.17) is 0 Å². The molecule has 0 unspecified atom stereocenters. The molecule has 1 rings (SSSR count). The molecule has 0 aliphatic heterocycles. The lowest BCUT2D eigenvalue weighted by Crippen LogP contribution is -2.19. The van der Waals surface area contributed by atoms with Crippen molar-refractivity contribution >= 4 is 11.5 Å². The summed E-state index contributed by atoms with van der Waals surface area (Å²) in [5, 5.41) is 10.6. The Morgan fingerprint density at radius 3 is 1.80 bits per heavy atom. The number of benzene rings is 1. The van der Waals surface area contributed by atoms with Gasteiger partial charge in [0.1, 0.15) is 0 Å². The quantitative estimate of drug-likeness (QED) is 0.576. The van der Waals surface area contributed by atoms with Gasteiger partial charge in [-0.25, -0.2) is 0 Å². The van der Waals surface area contributed by atoms with Crippen molar-refractivity contribution in [3.63, 3.8) is 0 Å². The molecule has 0 fully saturated rings. The largest absolute Gasteiger partial charge is 0.545 e. The molecule has 0 aliphatic carbocycles. The highest BCUT2D eigenvalue weighted by Crippen LogP contribution is 2.32. The Balaban J connectivity index is 3.29. The molecule has 0 heterocycles. The van der Waals surface area contributed by atoms with E-state index in [9.17, 15) is 9.90 Å². The van der Waals surface area contributed by atoms with Crippen LogP contribution in [0.5, 0.6) is 0 Å². The van der Waals surface area contributed by atoms with E-state index in [1.165, 1.54) is 16.7 Å². The number of rotatable bonds is 4. The lowest BCUT2D eigenvalue weighted by molar-refractivity contribution is -0.297. The fourth-order valence-electron chi connectivity index (χ4n) is 2.40. The summed E-state index contributed by atoms with van der Waals surface area (Å²) in [5.74, 6) is -1.17. The molecule has 136 valence electrons. The van der Waals surface area contributed by atoms with E-state index >= 15 is 0 Å². The summed E-state index contributed by atoms with van der Waals surface area (Å²) in [4.78, 5) is 10.6. The zero-order valence-electron chi connectivity index (χ0n) is 16.9. The van der Waals surface area contributed by atoms with Crippen molar-refractivity contribution in [2.45, 2.75) is 66.2 Å². The van der Waals surface area contributed by atoms with Gasteiger partial charge >= 0.3 is 0 Å². The first-order valence-electron chi connectivity index (χ1n) is 8.71. The molecule has 0 saturated heterocycles. The van der Waals surface area contributed by atoms with Crippen molar-refractivity contribution in [3.8, 4) is 0 Å². The summed E-state index contributed by atoms with van der Waals surface area (Å²) in [6.45, 7) is 17.2. The van der Waals surface area contributed by atoms with Gasteiger partial charge < -0.3 is 9.90 Å². The molecule has 0 atom stereocenters. The molecule has 0 amide bonds. The molecule has 0 aromatic heterocycles. The first-order chi connectivity index (χ1) is 11.3. The Kier molecular flexibility index (Phi) is 6.59. The minimum atomic E-state index is -1.17. The Morgan fingerprint density at radius 2 is 1.40 bits per heavy atom. The van der Waals surface area contributed by atoms with E-state index < -0.39 is 5.97 Å². The van der Waals surface area contributed by atoms with E-state index in [1.54, 1.807) is 13.0 Å². The number of aliphatic carboxylic acids is 1. The maximum absolute atomic E-state index is 10.6. The van der Waals surface area contributed by atoms with Crippen LogP contribution in [0, 0.1) is 0 Å². The summed E-state index contributed by atoms with van der Waals surface area (Å²) in [5.41, 5.74) is 5.81. The van der Waals surface area contributed by atoms with Crippen LogP contribution in [0.4, 0.5) is 0 Å². The predicted molar refractivity (Wildman–Crippen MR) is 105 cm³/mol. The smallest absolute Gasteiger partial charge is 0.0645 e. The Labute approximate surface area is 153 Å². The van der Waals surface area contributed by atoms with Crippen LogP contribution in [0.2, 0.25) is 0 Å². The Bertz CT molecular complexity index is 685. The van der Waals surface area contributed by atoms with Crippen molar-refractivity contribution in [1.82, 2.24) is 0 Å². The van der Waals surface area contributed by atoms with Gasteiger partial charge in [-0.3, -0.25) is 0 Å². The molecule has 0 aliphatic rings. The molecular formula is C23H31O2-. The van der Waals surface area contributed by atoms with Gasteiger partial charge in [0.25, 0.3) is 0 Å². The molecule has 25 heavy (non-hydrogen) atoms. The molecule has 0 N–H and O–H groups in total. The maximum atomic E-state index is 10.6. The number of hydrogen-bond donors (Lipinski definition) is 0. The molecule has 1 aromatic carbocycles. The zero-order valence-corrected chi connectivity index (χ0v) is 16.9. The second-order valence-electron chi connectivity index (χ2n) is 8.72. The van der Waals surface area contributed by atoms with Crippen LogP contribution in [-0.4, -0.2) is 5.97 Å². The maximum Gasteiger partial charge on any atom is 0.0645 e. The summed E-state index contributed by atoms with van der Waals surface area (Å²) >= 11 is 0. The van der Waals surface area contributed by atoms with Crippen LogP contribution in [0.1, 0.15) is 72.1 Å². The van der Waals surface area contributed by atoms with Crippen LogP contribution in [0.25, 0.3) is 5.57 Å². The molecule has 2 heteroatoms. The van der Waals surface area contributed by atoms with E-state index in [-0.39, 0.29) is 10.8 Å². The van der Waals surface area contributed by atoms with Gasteiger partial charge in [-0.2, -0.15) is 0 Å². The first kappa shape index (κ1) is 21.0. The summed E-state index contributed by atoms with van der Waals surface area (Å²) < 4.78 is 0.